The van der Waals surface area contributed by atoms with E-state index in [-0.39, 0.29) is 0 Å². The topological polar surface area (TPSA) is 896 Å². The number of phosphoric acid groups is 1. The van der Waals surface area contributed by atoms with Crippen LogP contribution in [0, 0.1) is 0 Å². The Kier molecular flexibility index (Phi) is 36.8. The molecule has 0 aliphatic carbocycles. The maximum atomic E-state index is 13.6. The molecule has 0 radical (unpaired) electrons. The largest absolute Gasteiger partial charge is 0.474 e. The average molecular weight is 1840 g/mol. The van der Waals surface area contributed by atoms with Gasteiger partial charge in [0.1, 0.15) is 244 Å². The van der Waals surface area contributed by atoms with Crippen LogP contribution in [0.25, 0.3) is 0 Å². The molecule has 720 valence electrons. The molecule has 0 aromatic rings. The van der Waals surface area contributed by atoms with E-state index in [0.29, 0.717) is 0 Å². The van der Waals surface area contributed by atoms with Crippen LogP contribution in [0.3, 0.4) is 0 Å². The van der Waals surface area contributed by atoms with Crippen LogP contribution in [0.15, 0.2) is 0 Å². The van der Waals surface area contributed by atoms with Crippen molar-refractivity contribution in [3.63, 3.8) is 0 Å². The van der Waals surface area contributed by atoms with Gasteiger partial charge in [-0.3, -0.25) is 23.4 Å². The van der Waals surface area contributed by atoms with Crippen molar-refractivity contribution in [2.75, 3.05) is 66.1 Å². The van der Waals surface area contributed by atoms with Gasteiger partial charge in [0.15, 0.2) is 62.9 Å². The fraction of sp³-hybridized carbons (Fsp3) is 0.955. The number of hydrogen-bond acceptors (Lipinski definition) is 53. The molecule has 10 heterocycles. The van der Waals surface area contributed by atoms with Gasteiger partial charge >= 0.3 is 7.82 Å². The Bertz CT molecular complexity index is 3380. The van der Waals surface area contributed by atoms with Gasteiger partial charge in [0.2, 0.25) is 17.7 Å². The lowest BCUT2D eigenvalue weighted by molar-refractivity contribution is -0.399. The summed E-state index contributed by atoms with van der Waals surface area (Å²) in [6.45, 7) is -8.77. The van der Waals surface area contributed by atoms with Crippen LogP contribution in [0.2, 0.25) is 0 Å². The lowest BCUT2D eigenvalue weighted by Crippen LogP contribution is -2.70. The van der Waals surface area contributed by atoms with Gasteiger partial charge in [0, 0.05) is 20.8 Å². The highest BCUT2D eigenvalue weighted by Gasteiger charge is 2.61. The van der Waals surface area contributed by atoms with Crippen molar-refractivity contribution in [3.05, 3.63) is 0 Å². The summed E-state index contributed by atoms with van der Waals surface area (Å²) in [6, 6.07) is -5.52. The van der Waals surface area contributed by atoms with Crippen molar-refractivity contribution in [2.45, 2.75) is 328 Å². The first-order chi connectivity index (χ1) is 58.5. The molecule has 51 atom stereocenters. The van der Waals surface area contributed by atoms with Crippen molar-refractivity contribution in [3.8, 4) is 0 Å². The van der Waals surface area contributed by atoms with Crippen LogP contribution in [-0.2, 0) is 113 Å². The molecule has 10 rings (SSSR count). The van der Waals surface area contributed by atoms with Crippen molar-refractivity contribution in [2.24, 2.45) is 0 Å². The predicted octanol–water partition coefficient (Wildman–Crippen LogP) is -22.3. The molecule has 0 bridgehead atoms. The molecule has 10 fully saturated rings. The van der Waals surface area contributed by atoms with Crippen molar-refractivity contribution < 1.29 is 266 Å². The van der Waals surface area contributed by atoms with Crippen molar-refractivity contribution in [1.29, 1.82) is 0 Å². The van der Waals surface area contributed by atoms with Crippen LogP contribution < -0.4 is 16.0 Å². The second-order valence-electron chi connectivity index (χ2n) is 30.9. The highest BCUT2D eigenvalue weighted by Crippen LogP contribution is 2.48. The molecule has 124 heavy (non-hydrogen) atoms. The number of carbonyl (C=O) groups is 3. The molecule has 58 heteroatoms. The minimum atomic E-state index is -5.67. The second-order valence-corrected chi connectivity index (χ2v) is 32.3. The van der Waals surface area contributed by atoms with Gasteiger partial charge < -0.3 is 254 Å². The number of amides is 3. The first-order valence-corrected chi connectivity index (χ1v) is 40.4. The summed E-state index contributed by atoms with van der Waals surface area (Å²) in [5, 5.41) is 328. The summed E-state index contributed by atoms with van der Waals surface area (Å²) < 4.78 is 128. The number of nitrogens with one attached hydrogen (secondary N) is 3. The van der Waals surface area contributed by atoms with E-state index < -0.39 is 398 Å². The van der Waals surface area contributed by atoms with E-state index in [1.54, 1.807) is 0 Å². The van der Waals surface area contributed by atoms with Gasteiger partial charge in [0.25, 0.3) is 0 Å². The summed E-state index contributed by atoms with van der Waals surface area (Å²) in [5.41, 5.74) is 0. The second kappa shape index (κ2) is 44.5. The van der Waals surface area contributed by atoms with Crippen LogP contribution in [0.5, 0.6) is 0 Å². The smallest absolute Gasteiger partial charge is 0.394 e. The van der Waals surface area contributed by atoms with Gasteiger partial charge in [0.05, 0.1) is 66.1 Å². The Morgan fingerprint density at radius 2 is 0.540 bits per heavy atom. The molecule has 0 aromatic carbocycles. The van der Waals surface area contributed by atoms with Gasteiger partial charge in [-0.2, -0.15) is 0 Å². The van der Waals surface area contributed by atoms with E-state index in [0.717, 1.165) is 20.8 Å². The van der Waals surface area contributed by atoms with Crippen LogP contribution in [-0.4, -0.2) is 544 Å². The molecule has 10 aliphatic rings. The van der Waals surface area contributed by atoms with E-state index in [1.807, 2.05) is 0 Å². The molecular formula is C66H112N3O54P. The molecule has 57 nitrogen and oxygen atoms in total. The molecular weight excluding hydrogens is 1730 g/mol. The zero-order valence-corrected chi connectivity index (χ0v) is 66.5. The maximum absolute atomic E-state index is 13.6. The van der Waals surface area contributed by atoms with Gasteiger partial charge in [-0.15, -0.1) is 0 Å². The minimum absolute atomic E-state index is 0.818. The molecule has 0 aromatic heterocycles. The molecule has 0 spiro atoms. The zero-order valence-electron chi connectivity index (χ0n) is 65.6. The summed E-state index contributed by atoms with van der Waals surface area (Å²) in [5.74, 6) is -2.71. The number of aliphatic hydroxyl groups excluding tert-OH is 29. The highest BCUT2D eigenvalue weighted by atomic mass is 31.2. The molecule has 1 unspecified atom stereocenters. The molecule has 0 saturated carbocycles. The monoisotopic (exact) mass is 1840 g/mol. The summed E-state index contributed by atoms with van der Waals surface area (Å²) in [6.07, 6.45) is -103. The van der Waals surface area contributed by atoms with E-state index in [4.69, 9.17) is 94.3 Å². The maximum Gasteiger partial charge on any atom is 0.474 e. The Balaban J connectivity index is 0.972. The summed E-state index contributed by atoms with van der Waals surface area (Å²) in [7, 11) is -5.67. The lowest BCUT2D eigenvalue weighted by atomic mass is 9.94. The van der Waals surface area contributed by atoms with Gasteiger partial charge in [-0.1, -0.05) is 0 Å². The zero-order chi connectivity index (χ0) is 91.4. The minimum Gasteiger partial charge on any atom is -0.394 e. The predicted molar refractivity (Wildman–Crippen MR) is 375 cm³/mol. The summed E-state index contributed by atoms with van der Waals surface area (Å²) in [4.78, 5) is 48.2. The molecule has 33 N–H and O–H groups in total. The third-order valence-corrected chi connectivity index (χ3v) is 23.2. The molecule has 3 amide bonds. The highest BCUT2D eigenvalue weighted by molar-refractivity contribution is 7.47. The van der Waals surface area contributed by atoms with Crippen molar-refractivity contribution >= 4 is 25.5 Å². The summed E-state index contributed by atoms with van der Waals surface area (Å²) >= 11 is 0. The lowest BCUT2D eigenvalue weighted by Gasteiger charge is -2.51. The fourth-order valence-corrected chi connectivity index (χ4v) is 16.2. The van der Waals surface area contributed by atoms with Crippen molar-refractivity contribution in [1.82, 2.24) is 16.0 Å². The third kappa shape index (κ3) is 22.9. The van der Waals surface area contributed by atoms with Gasteiger partial charge in [-0.05, 0) is 0 Å². The van der Waals surface area contributed by atoms with E-state index in [9.17, 15) is 172 Å². The van der Waals surface area contributed by atoms with Crippen LogP contribution in [0.1, 0.15) is 20.8 Å². The third-order valence-electron chi connectivity index (χ3n) is 22.3. The molecule has 10 aliphatic heterocycles. The van der Waals surface area contributed by atoms with E-state index in [2.05, 4.69) is 16.0 Å². The van der Waals surface area contributed by atoms with Gasteiger partial charge in [-0.25, -0.2) is 4.57 Å². The number of hydrogen-bond donors (Lipinski definition) is 33. The number of carbonyl (C=O) groups excluding carboxylic acids is 3. The molecule has 10 saturated heterocycles. The number of rotatable bonds is 33. The normalized spacial score (nSPS) is 49.7. The van der Waals surface area contributed by atoms with E-state index in [1.165, 1.54) is 0 Å². The van der Waals surface area contributed by atoms with E-state index >= 15 is 0 Å². The Morgan fingerprint density at radius 1 is 0.258 bits per heavy atom. The Morgan fingerprint density at radius 3 is 0.984 bits per heavy atom. The first kappa shape index (κ1) is 103. The number of ether oxygens (including phenoxy) is 18. The Hall–Kier alpha value is -3.36. The average Bonchev–Trinajstić information content (AvgIpc) is 0.762. The quantitative estimate of drug-likeness (QED) is 0.0271. The van der Waals surface area contributed by atoms with Crippen LogP contribution in [0.4, 0.5) is 0 Å². The Labute approximate surface area is 699 Å². The van der Waals surface area contributed by atoms with Crippen LogP contribution >= 0.6 is 7.82 Å². The first-order valence-electron chi connectivity index (χ1n) is 38.9. The SMILES string of the molecule is CC(=O)N[C@@H]1[C@@H](O)[C@H](O[C@@H]2O[C@H](CO)[C@@H](O[C@@H]3O[C@H](CO[C@H]4O[C@H](CO[C@H]5O[C@H](CO)[C@@H](O)[C@H](O)[C@@H]5O[C@H]5O[C@H](CO)[C@@H](O)[C@H](O)[C@@H]5O)[C@@H](O)[C@H](O[C@H]5O[C@H](CO)[C@@H](O)[C@H](O)[C@@H]5O)[C@@H]4O)[C@@H](O)[C@H](O[C@H]4O[C@H](CO)[C@@H](O)[C@H](O)[C@@H]4O[C@H]4O[C@H](COP(=O)(O)O[C@H]5O[C@H](CO)[C@@H](O)[C@H](O)[C@H]5NC(C)=O)[C@@H](O)[C@H](O)[C@@H]4O)[C@@H]3O)[C@H](O)[C@H]2NC(C)=O)[C@@H](CO)O[C@H]1O. The standard InChI is InChI=1S/C66H112N3O54P/c1-14(77)67-27-39(89)51(22(9-75)107-57(27)101)117-58-29(69-16(3)79)40(90)52(23(10-76)113-58)118-64-50(100)54(120-66-56(45(95)34(84)21(8-74)112-66)122-63-48(98)43(93)35(85)26(116-63)13-106-124(102,103)123-59-28(68-15(2)78)38(88)30(80)17(4-70)108-59)37(87)25(115-64)11-104-60-49(99)53(119-61-46(96)41(91)31(81)18(5-71)109-61)36(86)24(114-60)12-105-65-55(44(94)33(83)20(7-73)111-65)121-62-47(97)42(92)32(82)19(6-72)110-62/h17-66,70-76,80-101H,4-13H2,1-3H3,(H,67,77)(H,68,78)(H,69,79)(H,102,103)/t17-,18-,19-,20-,21-,22-,23-,24-,25-,26-,27-,28-,29-,30-,31-,32-,33-,34-,35-,36-,37-,38-,39-,40-,41+,42+,43+,44+,45+,46+,47+,48+,49+,50+,51-,52-,53+,54+,55+,56+,57-,58+,59-,60+,61-,62-,63-,64+,65+,66-/m1/s1. The number of aliphatic hydroxyl groups is 29. The fourth-order valence-electron chi connectivity index (χ4n) is 15.4. The number of phosphoric ester groups is 1.